The third-order valence-corrected chi connectivity index (χ3v) is 5.98. The molecule has 1 aromatic heterocycles. The average Bonchev–Trinajstić information content (AvgIpc) is 3.52. The smallest absolute Gasteiger partial charge is 0.406 e. The number of benzene rings is 1. The molecule has 1 aromatic carbocycles. The maximum absolute atomic E-state index is 12.4. The van der Waals surface area contributed by atoms with E-state index in [0.29, 0.717) is 47.6 Å². The lowest BCUT2D eigenvalue weighted by atomic mass is 10.1. The Morgan fingerprint density at radius 2 is 2.03 bits per heavy atom. The number of amides is 2. The Morgan fingerprint density at radius 1 is 1.25 bits per heavy atom. The SMILES string of the molecule is N/C(=C\N(N)CCCCc1nnc(NC(=O)Cc2cccc(OC(F)(F)F)c2)s1)C(=O)NCC1CC1. The zero-order chi connectivity index (χ0) is 26.1. The van der Waals surface area contributed by atoms with Gasteiger partial charge in [0, 0.05) is 25.7 Å². The molecule has 1 saturated carbocycles. The lowest BCUT2D eigenvalue weighted by Crippen LogP contribution is -2.34. The molecule has 0 aliphatic heterocycles. The van der Waals surface area contributed by atoms with Gasteiger partial charge in [0.15, 0.2) is 0 Å². The van der Waals surface area contributed by atoms with Crippen molar-refractivity contribution in [1.29, 1.82) is 0 Å². The van der Waals surface area contributed by atoms with Crippen LogP contribution in [0, 0.1) is 5.92 Å². The fraction of sp³-hybridized carbons (Fsp3) is 0.455. The molecule has 0 atom stereocenters. The molecule has 3 rings (SSSR count). The Kier molecular flexibility index (Phi) is 9.47. The number of hydrogen-bond acceptors (Lipinski definition) is 9. The summed E-state index contributed by atoms with van der Waals surface area (Å²) in [5.41, 5.74) is 6.19. The minimum absolute atomic E-state index is 0.0576. The fourth-order valence-electron chi connectivity index (χ4n) is 3.14. The van der Waals surface area contributed by atoms with Gasteiger partial charge in [0.25, 0.3) is 5.91 Å². The highest BCUT2D eigenvalue weighted by Gasteiger charge is 2.31. The zero-order valence-electron chi connectivity index (χ0n) is 19.4. The maximum Gasteiger partial charge on any atom is 0.573 e. The van der Waals surface area contributed by atoms with Gasteiger partial charge in [0.2, 0.25) is 11.0 Å². The number of anilines is 1. The van der Waals surface area contributed by atoms with Gasteiger partial charge < -0.3 is 26.1 Å². The second-order valence-electron chi connectivity index (χ2n) is 8.35. The number of nitrogens with one attached hydrogen (secondary N) is 2. The first-order valence-electron chi connectivity index (χ1n) is 11.3. The van der Waals surface area contributed by atoms with Gasteiger partial charge in [-0.25, -0.2) is 5.84 Å². The quantitative estimate of drug-likeness (QED) is 0.134. The van der Waals surface area contributed by atoms with Crippen LogP contribution in [0.5, 0.6) is 5.75 Å². The van der Waals surface area contributed by atoms with Gasteiger partial charge in [0.1, 0.15) is 16.5 Å². The molecule has 1 aliphatic rings. The summed E-state index contributed by atoms with van der Waals surface area (Å²) in [5.74, 6) is 5.28. The van der Waals surface area contributed by atoms with E-state index in [2.05, 4.69) is 25.6 Å². The molecule has 196 valence electrons. The van der Waals surface area contributed by atoms with E-state index in [1.165, 1.54) is 34.7 Å². The Bertz CT molecular complexity index is 1070. The summed E-state index contributed by atoms with van der Waals surface area (Å²) in [4.78, 5) is 24.1. The zero-order valence-corrected chi connectivity index (χ0v) is 20.2. The van der Waals surface area contributed by atoms with Crippen LogP contribution in [0.1, 0.15) is 36.3 Å². The van der Waals surface area contributed by atoms with Crippen LogP contribution in [-0.2, 0) is 22.4 Å². The number of halogens is 3. The molecule has 0 bridgehead atoms. The molecule has 10 nitrogen and oxygen atoms in total. The summed E-state index contributed by atoms with van der Waals surface area (Å²) in [6.45, 7) is 1.11. The highest BCUT2D eigenvalue weighted by Crippen LogP contribution is 2.27. The summed E-state index contributed by atoms with van der Waals surface area (Å²) in [6.07, 6.45) is 0.784. The molecular formula is C22H28F3N7O3S. The number of ether oxygens (including phenoxy) is 1. The fourth-order valence-corrected chi connectivity index (χ4v) is 3.94. The van der Waals surface area contributed by atoms with Crippen molar-refractivity contribution in [1.82, 2.24) is 20.5 Å². The van der Waals surface area contributed by atoms with Crippen molar-refractivity contribution in [3.63, 3.8) is 0 Å². The molecule has 0 radical (unpaired) electrons. The van der Waals surface area contributed by atoms with Crippen molar-refractivity contribution < 1.29 is 27.5 Å². The molecule has 0 spiro atoms. The van der Waals surface area contributed by atoms with Gasteiger partial charge in [0.05, 0.1) is 6.42 Å². The van der Waals surface area contributed by atoms with Gasteiger partial charge in [-0.2, -0.15) is 0 Å². The number of unbranched alkanes of at least 4 members (excludes halogenated alkanes) is 1. The lowest BCUT2D eigenvalue weighted by molar-refractivity contribution is -0.274. The van der Waals surface area contributed by atoms with E-state index in [1.807, 2.05) is 0 Å². The summed E-state index contributed by atoms with van der Waals surface area (Å²) in [7, 11) is 0. The molecular weight excluding hydrogens is 499 g/mol. The minimum atomic E-state index is -4.80. The number of hydrogen-bond donors (Lipinski definition) is 4. The molecule has 36 heavy (non-hydrogen) atoms. The van der Waals surface area contributed by atoms with Crippen LogP contribution in [0.3, 0.4) is 0 Å². The number of nitrogens with zero attached hydrogens (tertiary/aromatic N) is 3. The molecule has 0 saturated heterocycles. The van der Waals surface area contributed by atoms with Gasteiger partial charge in [-0.1, -0.05) is 23.5 Å². The highest BCUT2D eigenvalue weighted by molar-refractivity contribution is 7.15. The van der Waals surface area contributed by atoms with Crippen LogP contribution in [0.2, 0.25) is 0 Å². The predicted octanol–water partition coefficient (Wildman–Crippen LogP) is 2.44. The third-order valence-electron chi connectivity index (χ3n) is 5.08. The standard InChI is InChI=1S/C22H28F3N7O3S/c23-22(24,25)35-16-5-3-4-15(10-16)11-18(33)29-21-31-30-19(36-21)6-1-2-9-32(27)13-17(26)20(34)28-12-14-7-8-14/h3-5,10,13-14H,1-2,6-9,11-12,26-27H2,(H,28,34)(H,29,31,33)/b17-13-. The highest BCUT2D eigenvalue weighted by atomic mass is 32.1. The molecule has 1 aliphatic carbocycles. The average molecular weight is 528 g/mol. The van der Waals surface area contributed by atoms with Crippen molar-refractivity contribution >= 4 is 28.3 Å². The Balaban J connectivity index is 1.36. The van der Waals surface area contributed by atoms with E-state index < -0.39 is 18.0 Å². The van der Waals surface area contributed by atoms with E-state index in [0.717, 1.165) is 31.4 Å². The number of aromatic nitrogens is 2. The van der Waals surface area contributed by atoms with Crippen LogP contribution >= 0.6 is 11.3 Å². The van der Waals surface area contributed by atoms with Crippen molar-refractivity contribution in [3.05, 3.63) is 46.7 Å². The molecule has 2 aromatic rings. The van der Waals surface area contributed by atoms with E-state index in [-0.39, 0.29) is 18.0 Å². The molecule has 1 fully saturated rings. The van der Waals surface area contributed by atoms with Crippen LogP contribution in [0.25, 0.3) is 0 Å². The van der Waals surface area contributed by atoms with Gasteiger partial charge in [-0.3, -0.25) is 9.59 Å². The van der Waals surface area contributed by atoms with E-state index >= 15 is 0 Å². The predicted molar refractivity (Wildman–Crippen MR) is 127 cm³/mol. The molecule has 14 heteroatoms. The molecule has 6 N–H and O–H groups in total. The normalized spacial score (nSPS) is 13.8. The van der Waals surface area contributed by atoms with Gasteiger partial charge >= 0.3 is 6.36 Å². The number of carbonyl (C=O) groups excluding carboxylic acids is 2. The second-order valence-corrected chi connectivity index (χ2v) is 9.42. The molecule has 2 amide bonds. The first kappa shape index (κ1) is 27.2. The number of carbonyl (C=O) groups is 2. The first-order chi connectivity index (χ1) is 17.1. The second kappa shape index (κ2) is 12.5. The number of aryl methyl sites for hydroxylation is 1. The van der Waals surface area contributed by atoms with Crippen molar-refractivity contribution in [2.24, 2.45) is 17.5 Å². The summed E-state index contributed by atoms with van der Waals surface area (Å²) in [6, 6.07) is 5.22. The summed E-state index contributed by atoms with van der Waals surface area (Å²) in [5, 5.41) is 15.7. The Labute approximate surface area is 209 Å². The Morgan fingerprint density at radius 3 is 2.75 bits per heavy atom. The number of alkyl halides is 3. The Hall–Kier alpha value is -3.39. The van der Waals surface area contributed by atoms with Crippen molar-refractivity contribution in [2.75, 3.05) is 18.4 Å². The first-order valence-corrected chi connectivity index (χ1v) is 12.1. The van der Waals surface area contributed by atoms with Crippen LogP contribution < -0.4 is 26.9 Å². The van der Waals surface area contributed by atoms with Crippen LogP contribution in [-0.4, -0.2) is 46.5 Å². The van der Waals surface area contributed by atoms with Crippen molar-refractivity contribution in [3.8, 4) is 5.75 Å². The van der Waals surface area contributed by atoms with Crippen LogP contribution in [0.4, 0.5) is 18.3 Å². The summed E-state index contributed by atoms with van der Waals surface area (Å²) < 4.78 is 40.9. The third kappa shape index (κ3) is 10.1. The topological polar surface area (TPSA) is 148 Å². The van der Waals surface area contributed by atoms with E-state index in [1.54, 1.807) is 0 Å². The van der Waals surface area contributed by atoms with Crippen molar-refractivity contribution in [2.45, 2.75) is 44.9 Å². The van der Waals surface area contributed by atoms with Crippen LogP contribution in [0.15, 0.2) is 36.2 Å². The number of nitrogens with two attached hydrogens (primary N) is 2. The largest absolute Gasteiger partial charge is 0.573 e. The number of rotatable bonds is 13. The van der Waals surface area contributed by atoms with E-state index in [9.17, 15) is 22.8 Å². The van der Waals surface area contributed by atoms with E-state index in [4.69, 9.17) is 11.6 Å². The monoisotopic (exact) mass is 527 g/mol. The lowest BCUT2D eigenvalue weighted by Gasteiger charge is -2.14. The van der Waals surface area contributed by atoms with Gasteiger partial charge in [-0.15, -0.1) is 23.4 Å². The molecule has 0 unspecified atom stereocenters. The molecule has 1 heterocycles. The minimum Gasteiger partial charge on any atom is -0.406 e. The summed E-state index contributed by atoms with van der Waals surface area (Å²) >= 11 is 1.21. The number of hydrazine groups is 1. The van der Waals surface area contributed by atoms with Gasteiger partial charge in [-0.05, 0) is 49.3 Å². The maximum atomic E-state index is 12.4.